The van der Waals surface area contributed by atoms with E-state index in [1.807, 2.05) is 0 Å². The van der Waals surface area contributed by atoms with Crippen LogP contribution in [0.1, 0.15) is 11.6 Å². The van der Waals surface area contributed by atoms with Crippen LogP contribution in [0.25, 0.3) is 0 Å². The molecule has 5 heteroatoms. The molecule has 0 aliphatic carbocycles. The van der Waals surface area contributed by atoms with Gasteiger partial charge in [-0.2, -0.15) is 0 Å². The molecule has 0 heterocycles. The molecule has 0 saturated carbocycles. The fraction of sp³-hybridized carbons (Fsp3) is 0.400. The Morgan fingerprint density at radius 2 is 1.87 bits per heavy atom. The summed E-state index contributed by atoms with van der Waals surface area (Å²) in [5.74, 6) is -0.219. The molecule has 1 unspecified atom stereocenters. The summed E-state index contributed by atoms with van der Waals surface area (Å²) in [5, 5.41) is 8.91. The van der Waals surface area contributed by atoms with E-state index in [0.29, 0.717) is 5.75 Å². The number of aliphatic hydroxyl groups excluding tert-OH is 1. The third-order valence-corrected chi connectivity index (χ3v) is 2.11. The second-order valence-electron chi connectivity index (χ2n) is 2.99. The van der Waals surface area contributed by atoms with Gasteiger partial charge in [0.2, 0.25) is 0 Å². The van der Waals surface area contributed by atoms with Crippen molar-refractivity contribution in [2.45, 2.75) is 6.04 Å². The molecule has 1 aromatic carbocycles. The number of hydrogen-bond acceptors (Lipinski definition) is 4. The summed E-state index contributed by atoms with van der Waals surface area (Å²) in [6.45, 7) is -0.361. The quantitative estimate of drug-likeness (QED) is 0.781. The van der Waals surface area contributed by atoms with Gasteiger partial charge in [-0.3, -0.25) is 0 Å². The fourth-order valence-electron chi connectivity index (χ4n) is 1.33. The molecule has 4 nitrogen and oxygen atoms in total. The van der Waals surface area contributed by atoms with Gasteiger partial charge in [0.25, 0.3) is 0 Å². The molecule has 0 radical (unpaired) electrons. The Balaban J connectivity index is 3.29. The van der Waals surface area contributed by atoms with Crippen LogP contribution in [0.15, 0.2) is 12.1 Å². The van der Waals surface area contributed by atoms with Gasteiger partial charge in [-0.1, -0.05) is 0 Å². The molecule has 15 heavy (non-hydrogen) atoms. The first-order chi connectivity index (χ1) is 7.15. The van der Waals surface area contributed by atoms with Gasteiger partial charge in [-0.25, -0.2) is 4.39 Å². The number of halogens is 1. The lowest BCUT2D eigenvalue weighted by molar-refractivity contribution is 0.260. The number of ether oxygens (including phenoxy) is 2. The summed E-state index contributed by atoms with van der Waals surface area (Å²) in [7, 11) is 2.77. The number of methoxy groups -OCH3 is 2. The minimum Gasteiger partial charge on any atom is -0.496 e. The molecular weight excluding hydrogens is 201 g/mol. The van der Waals surface area contributed by atoms with E-state index >= 15 is 0 Å². The van der Waals surface area contributed by atoms with Crippen molar-refractivity contribution < 1.29 is 19.0 Å². The van der Waals surface area contributed by atoms with Crippen molar-refractivity contribution in [3.63, 3.8) is 0 Å². The van der Waals surface area contributed by atoms with Crippen LogP contribution in [0.3, 0.4) is 0 Å². The van der Waals surface area contributed by atoms with Gasteiger partial charge >= 0.3 is 0 Å². The zero-order valence-electron chi connectivity index (χ0n) is 8.66. The number of nitrogens with two attached hydrogens (primary N) is 1. The van der Waals surface area contributed by atoms with Crippen molar-refractivity contribution in [3.8, 4) is 11.5 Å². The van der Waals surface area contributed by atoms with Gasteiger partial charge in [-0.05, 0) is 12.1 Å². The van der Waals surface area contributed by atoms with Crippen molar-refractivity contribution in [1.29, 1.82) is 0 Å². The third kappa shape index (κ3) is 2.19. The number of hydrogen-bond donors (Lipinski definition) is 2. The smallest absolute Gasteiger partial charge is 0.173 e. The Labute approximate surface area is 87.4 Å². The van der Waals surface area contributed by atoms with Crippen LogP contribution in [0.5, 0.6) is 11.5 Å². The van der Waals surface area contributed by atoms with Gasteiger partial charge in [-0.15, -0.1) is 0 Å². The first kappa shape index (κ1) is 11.7. The average molecular weight is 215 g/mol. The van der Waals surface area contributed by atoms with E-state index < -0.39 is 11.9 Å². The molecule has 84 valence electrons. The number of rotatable bonds is 4. The van der Waals surface area contributed by atoms with E-state index in [1.165, 1.54) is 20.3 Å². The predicted octanol–water partition coefficient (Wildman–Crippen LogP) is 0.835. The first-order valence-electron chi connectivity index (χ1n) is 4.42. The Bertz CT molecular complexity index is 344. The number of benzene rings is 1. The minimum absolute atomic E-state index is 0.0784. The second kappa shape index (κ2) is 4.95. The summed E-state index contributed by atoms with van der Waals surface area (Å²) >= 11 is 0. The maximum absolute atomic E-state index is 13.8. The molecule has 0 amide bonds. The lowest BCUT2D eigenvalue weighted by Crippen LogP contribution is -2.17. The summed E-state index contributed by atoms with van der Waals surface area (Å²) in [6, 6.07) is 2.17. The SMILES string of the molecule is COc1ccc(OC)c(C(N)CO)c1F. The molecule has 0 saturated heterocycles. The van der Waals surface area contributed by atoms with Gasteiger partial charge < -0.3 is 20.3 Å². The molecular formula is C10H14FNO3. The Hall–Kier alpha value is -1.33. The molecule has 0 aliphatic rings. The van der Waals surface area contributed by atoms with Crippen molar-refractivity contribution in [3.05, 3.63) is 23.5 Å². The monoisotopic (exact) mass is 215 g/mol. The molecule has 0 bridgehead atoms. The summed E-state index contributed by atoms with van der Waals surface area (Å²) in [5.41, 5.74) is 5.69. The van der Waals surface area contributed by atoms with Crippen molar-refractivity contribution in [1.82, 2.24) is 0 Å². The Morgan fingerprint density at radius 1 is 1.33 bits per heavy atom. The molecule has 1 atom stereocenters. The number of aliphatic hydroxyl groups is 1. The Morgan fingerprint density at radius 3 is 2.33 bits per heavy atom. The van der Waals surface area contributed by atoms with Crippen LogP contribution in [-0.2, 0) is 0 Å². The third-order valence-electron chi connectivity index (χ3n) is 2.11. The van der Waals surface area contributed by atoms with Crippen LogP contribution in [0.4, 0.5) is 4.39 Å². The highest BCUT2D eigenvalue weighted by molar-refractivity contribution is 5.43. The maximum atomic E-state index is 13.8. The largest absolute Gasteiger partial charge is 0.496 e. The summed E-state index contributed by atoms with van der Waals surface area (Å²) in [6.07, 6.45) is 0. The Kier molecular flexibility index (Phi) is 3.88. The molecule has 0 aliphatic heterocycles. The standard InChI is InChI=1S/C10H14FNO3/c1-14-7-3-4-8(15-2)10(11)9(7)6(12)5-13/h3-4,6,13H,5,12H2,1-2H3. The van der Waals surface area contributed by atoms with Crippen LogP contribution < -0.4 is 15.2 Å². The average Bonchev–Trinajstić information content (AvgIpc) is 2.27. The highest BCUT2D eigenvalue weighted by Crippen LogP contribution is 2.32. The lowest BCUT2D eigenvalue weighted by atomic mass is 10.1. The maximum Gasteiger partial charge on any atom is 0.173 e. The van der Waals surface area contributed by atoms with Gasteiger partial charge in [0.05, 0.1) is 32.4 Å². The molecule has 3 N–H and O–H groups in total. The summed E-state index contributed by atoms with van der Waals surface area (Å²) < 4.78 is 23.5. The topological polar surface area (TPSA) is 64.7 Å². The normalized spacial score (nSPS) is 12.3. The van der Waals surface area contributed by atoms with Crippen molar-refractivity contribution >= 4 is 0 Å². The molecule has 0 spiro atoms. The summed E-state index contributed by atoms with van der Waals surface area (Å²) in [4.78, 5) is 0. The zero-order chi connectivity index (χ0) is 11.4. The van der Waals surface area contributed by atoms with E-state index in [4.69, 9.17) is 20.3 Å². The van der Waals surface area contributed by atoms with Crippen LogP contribution in [-0.4, -0.2) is 25.9 Å². The molecule has 1 rings (SSSR count). The van der Waals surface area contributed by atoms with E-state index in [9.17, 15) is 4.39 Å². The zero-order valence-corrected chi connectivity index (χ0v) is 8.66. The van der Waals surface area contributed by atoms with Crippen LogP contribution in [0, 0.1) is 5.82 Å². The highest BCUT2D eigenvalue weighted by atomic mass is 19.1. The minimum atomic E-state index is -0.824. The molecule has 0 fully saturated rings. The van der Waals surface area contributed by atoms with Gasteiger partial charge in [0, 0.05) is 0 Å². The highest BCUT2D eigenvalue weighted by Gasteiger charge is 2.19. The lowest BCUT2D eigenvalue weighted by Gasteiger charge is -2.16. The van der Waals surface area contributed by atoms with Crippen LogP contribution >= 0.6 is 0 Å². The van der Waals surface area contributed by atoms with Gasteiger partial charge in [0.15, 0.2) is 11.6 Å². The van der Waals surface area contributed by atoms with E-state index in [2.05, 4.69) is 0 Å². The van der Waals surface area contributed by atoms with Gasteiger partial charge in [0.1, 0.15) is 5.75 Å². The fourth-order valence-corrected chi connectivity index (χ4v) is 1.33. The first-order valence-corrected chi connectivity index (χ1v) is 4.42. The predicted molar refractivity (Wildman–Crippen MR) is 53.5 cm³/mol. The van der Waals surface area contributed by atoms with E-state index in [1.54, 1.807) is 6.07 Å². The molecule has 1 aromatic rings. The van der Waals surface area contributed by atoms with Crippen LogP contribution in [0.2, 0.25) is 0 Å². The molecule has 0 aromatic heterocycles. The second-order valence-corrected chi connectivity index (χ2v) is 2.99. The van der Waals surface area contributed by atoms with Crippen molar-refractivity contribution in [2.75, 3.05) is 20.8 Å². The van der Waals surface area contributed by atoms with Crippen molar-refractivity contribution in [2.24, 2.45) is 5.73 Å². The van der Waals surface area contributed by atoms with E-state index in [0.717, 1.165) is 0 Å². The van der Waals surface area contributed by atoms with E-state index in [-0.39, 0.29) is 17.9 Å².